The van der Waals surface area contributed by atoms with Gasteiger partial charge in [-0.1, -0.05) is 26.8 Å². The molecule has 0 aliphatic heterocycles. The van der Waals surface area contributed by atoms with Gasteiger partial charge >= 0.3 is 0 Å². The molecule has 5 nitrogen and oxygen atoms in total. The van der Waals surface area contributed by atoms with E-state index in [9.17, 15) is 13.2 Å². The fourth-order valence-corrected chi connectivity index (χ4v) is 4.65. The van der Waals surface area contributed by atoms with Crippen molar-refractivity contribution in [2.75, 3.05) is 6.54 Å². The molecule has 0 saturated heterocycles. The first-order valence-electron chi connectivity index (χ1n) is 6.82. The minimum atomic E-state index is -3.61. The molecule has 1 atom stereocenters. The maximum absolute atomic E-state index is 12.8. The molecule has 7 heteroatoms. The molecule has 0 bridgehead atoms. The van der Waals surface area contributed by atoms with Gasteiger partial charge in [-0.3, -0.25) is 4.79 Å². The first-order valence-corrected chi connectivity index (χ1v) is 9.24. The average molecular weight is 341 g/mol. The summed E-state index contributed by atoms with van der Waals surface area (Å²) in [5.74, 6) is 0.119. The van der Waals surface area contributed by atoms with Crippen molar-refractivity contribution in [2.45, 2.75) is 30.2 Å². The van der Waals surface area contributed by atoms with Crippen LogP contribution < -0.4 is 5.32 Å². The van der Waals surface area contributed by atoms with Crippen molar-refractivity contribution in [2.24, 2.45) is 5.41 Å². The van der Waals surface area contributed by atoms with E-state index >= 15 is 0 Å². The van der Waals surface area contributed by atoms with E-state index in [1.807, 2.05) is 0 Å². The van der Waals surface area contributed by atoms with Gasteiger partial charge in [0.25, 0.3) is 0 Å². The molecule has 0 unspecified atom stereocenters. The molecule has 1 N–H and O–H groups in total. The van der Waals surface area contributed by atoms with Crippen molar-refractivity contribution in [3.05, 3.63) is 41.7 Å². The third-order valence-electron chi connectivity index (χ3n) is 3.14. The molecule has 2 aromatic heterocycles. The Kier molecular flexibility index (Phi) is 4.77. The van der Waals surface area contributed by atoms with Gasteiger partial charge in [0.05, 0.1) is 6.26 Å². The van der Waals surface area contributed by atoms with Gasteiger partial charge in [0.1, 0.15) is 15.2 Å². The van der Waals surface area contributed by atoms with Crippen LogP contribution in [-0.4, -0.2) is 20.9 Å². The summed E-state index contributed by atoms with van der Waals surface area (Å²) in [6, 6.07) is 6.49. The molecule has 0 aromatic carbocycles. The summed E-state index contributed by atoms with van der Waals surface area (Å²) in [6.45, 7) is 5.30. The second-order valence-electron chi connectivity index (χ2n) is 5.94. The predicted molar refractivity (Wildman–Crippen MR) is 85.4 cm³/mol. The van der Waals surface area contributed by atoms with Gasteiger partial charge in [-0.25, -0.2) is 8.42 Å². The summed E-state index contributed by atoms with van der Waals surface area (Å²) in [4.78, 5) is 12.0. The Hall–Kier alpha value is -1.60. The van der Waals surface area contributed by atoms with Gasteiger partial charge in [-0.05, 0) is 23.6 Å². The van der Waals surface area contributed by atoms with Crippen LogP contribution in [0.1, 0.15) is 31.8 Å². The Bertz CT molecular complexity index is 710. The second kappa shape index (κ2) is 6.26. The highest BCUT2D eigenvalue weighted by atomic mass is 32.2. The average Bonchev–Trinajstić information content (AvgIpc) is 3.11. The normalized spacial score (nSPS) is 13.8. The molecule has 120 valence electrons. The Labute approximate surface area is 134 Å². The van der Waals surface area contributed by atoms with Crippen LogP contribution in [0.4, 0.5) is 0 Å². The van der Waals surface area contributed by atoms with Crippen LogP contribution in [0.25, 0.3) is 0 Å². The molecule has 0 aliphatic carbocycles. The van der Waals surface area contributed by atoms with Crippen LogP contribution in [0.3, 0.4) is 0 Å². The first-order chi connectivity index (χ1) is 10.2. The maximum Gasteiger partial charge on any atom is 0.225 e. The lowest BCUT2D eigenvalue weighted by Gasteiger charge is -2.21. The van der Waals surface area contributed by atoms with Crippen molar-refractivity contribution < 1.29 is 17.6 Å². The molecule has 0 aliphatic rings. The van der Waals surface area contributed by atoms with Gasteiger partial charge in [0.15, 0.2) is 9.84 Å². The summed E-state index contributed by atoms with van der Waals surface area (Å²) < 4.78 is 31.0. The summed E-state index contributed by atoms with van der Waals surface area (Å²) in [5.41, 5.74) is -0.583. The van der Waals surface area contributed by atoms with Crippen LogP contribution in [-0.2, 0) is 14.6 Å². The number of nitrogens with one attached hydrogen (secondary N) is 1. The van der Waals surface area contributed by atoms with Crippen LogP contribution in [0, 0.1) is 5.41 Å². The summed E-state index contributed by atoms with van der Waals surface area (Å²) in [7, 11) is -3.61. The van der Waals surface area contributed by atoms with Gasteiger partial charge in [0, 0.05) is 12.0 Å². The largest absolute Gasteiger partial charge is 0.468 e. The number of rotatable bonds is 5. The number of hydrogen-bond acceptors (Lipinski definition) is 5. The van der Waals surface area contributed by atoms with Gasteiger partial charge in [-0.15, -0.1) is 11.3 Å². The van der Waals surface area contributed by atoms with E-state index in [2.05, 4.69) is 5.32 Å². The third-order valence-corrected chi connectivity index (χ3v) is 6.63. The molecular formula is C15H19NO4S2. The smallest absolute Gasteiger partial charge is 0.225 e. The third kappa shape index (κ3) is 3.59. The Morgan fingerprint density at radius 2 is 2.05 bits per heavy atom. The predicted octanol–water partition coefficient (Wildman–Crippen LogP) is 3.02. The molecule has 2 heterocycles. The highest BCUT2D eigenvalue weighted by Gasteiger charge is 2.33. The van der Waals surface area contributed by atoms with Crippen molar-refractivity contribution in [3.63, 3.8) is 0 Å². The van der Waals surface area contributed by atoms with Crippen molar-refractivity contribution >= 4 is 27.1 Å². The number of sulfone groups is 1. The molecule has 2 rings (SSSR count). The topological polar surface area (TPSA) is 76.4 Å². The monoisotopic (exact) mass is 341 g/mol. The lowest BCUT2D eigenvalue weighted by molar-refractivity contribution is -0.128. The van der Waals surface area contributed by atoms with E-state index in [1.165, 1.54) is 6.26 Å². The highest BCUT2D eigenvalue weighted by Crippen LogP contribution is 2.31. The first kappa shape index (κ1) is 16.8. The zero-order valence-electron chi connectivity index (χ0n) is 12.7. The van der Waals surface area contributed by atoms with E-state index in [4.69, 9.17) is 4.42 Å². The van der Waals surface area contributed by atoms with E-state index in [0.717, 1.165) is 11.3 Å². The lowest BCUT2D eigenvalue weighted by Crippen LogP contribution is -2.38. The second-order valence-corrected chi connectivity index (χ2v) is 9.25. The van der Waals surface area contributed by atoms with Crippen molar-refractivity contribution in [3.8, 4) is 0 Å². The fourth-order valence-electron chi connectivity index (χ4n) is 1.85. The number of carbonyl (C=O) groups excluding carboxylic acids is 1. The van der Waals surface area contributed by atoms with E-state index < -0.39 is 20.5 Å². The number of carbonyl (C=O) groups is 1. The molecule has 0 saturated carbocycles. The highest BCUT2D eigenvalue weighted by molar-refractivity contribution is 7.93. The molecule has 1 amide bonds. The minimum absolute atomic E-state index is 0.0240. The van der Waals surface area contributed by atoms with Crippen molar-refractivity contribution in [1.82, 2.24) is 5.32 Å². The molecule has 0 spiro atoms. The summed E-state index contributed by atoms with van der Waals surface area (Å²) in [6.07, 6.45) is 1.43. The maximum atomic E-state index is 12.8. The van der Waals surface area contributed by atoms with Crippen LogP contribution in [0.15, 0.2) is 44.5 Å². The van der Waals surface area contributed by atoms with Crippen LogP contribution in [0.5, 0.6) is 0 Å². The van der Waals surface area contributed by atoms with Crippen LogP contribution in [0.2, 0.25) is 0 Å². The Morgan fingerprint density at radius 1 is 1.32 bits per heavy atom. The zero-order chi connectivity index (χ0) is 16.4. The standard InChI is InChI=1S/C15H19NO4S2/c1-15(2,3)14(17)16-10-12(11-6-4-8-20-11)22(18,19)13-7-5-9-21-13/h4-9,12H,10H2,1-3H3,(H,16,17)/t12-/m1/s1. The number of thiophene rings is 1. The molecule has 22 heavy (non-hydrogen) atoms. The number of furan rings is 1. The van der Waals surface area contributed by atoms with Crippen molar-refractivity contribution in [1.29, 1.82) is 0 Å². The zero-order valence-corrected chi connectivity index (χ0v) is 14.3. The minimum Gasteiger partial charge on any atom is -0.468 e. The lowest BCUT2D eigenvalue weighted by atomic mass is 9.96. The van der Waals surface area contributed by atoms with Gasteiger partial charge in [-0.2, -0.15) is 0 Å². The number of hydrogen-bond donors (Lipinski definition) is 1. The summed E-state index contributed by atoms with van der Waals surface area (Å²) >= 11 is 1.15. The SMILES string of the molecule is CC(C)(C)C(=O)NC[C@H](c1ccco1)S(=O)(=O)c1cccs1. The molecule has 0 fully saturated rings. The molecular weight excluding hydrogens is 322 g/mol. The quantitative estimate of drug-likeness (QED) is 0.907. The fraction of sp³-hybridized carbons (Fsp3) is 0.400. The Morgan fingerprint density at radius 3 is 2.55 bits per heavy atom. The van der Waals surface area contributed by atoms with Crippen LogP contribution >= 0.6 is 11.3 Å². The van der Waals surface area contributed by atoms with E-state index in [1.54, 1.807) is 50.4 Å². The van der Waals surface area contributed by atoms with E-state index in [-0.39, 0.29) is 16.7 Å². The van der Waals surface area contributed by atoms with Gasteiger partial charge in [0.2, 0.25) is 5.91 Å². The van der Waals surface area contributed by atoms with Gasteiger partial charge < -0.3 is 9.73 Å². The van der Waals surface area contributed by atoms with E-state index in [0.29, 0.717) is 5.76 Å². The Balaban J connectivity index is 2.28. The number of amides is 1. The molecule has 2 aromatic rings. The summed E-state index contributed by atoms with van der Waals surface area (Å²) in [5, 5.41) is 3.48. The molecule has 0 radical (unpaired) electrons.